The van der Waals surface area contributed by atoms with Gasteiger partial charge in [0.25, 0.3) is 0 Å². The van der Waals surface area contributed by atoms with Crippen molar-refractivity contribution in [1.29, 1.82) is 0 Å². The van der Waals surface area contributed by atoms with Gasteiger partial charge in [-0.3, -0.25) is 4.79 Å². The predicted molar refractivity (Wildman–Crippen MR) is 52.8 cm³/mol. The van der Waals surface area contributed by atoms with E-state index in [-0.39, 0.29) is 11.3 Å². The molecular formula is C10H9F3N2O. The molecule has 6 heteroatoms. The van der Waals surface area contributed by atoms with E-state index in [4.69, 9.17) is 0 Å². The first-order chi connectivity index (χ1) is 7.36. The molecule has 3 nitrogen and oxygen atoms in total. The first-order valence-corrected chi connectivity index (χ1v) is 4.32. The average Bonchev–Trinajstić information content (AvgIpc) is 2.19. The average molecular weight is 230 g/mol. The fourth-order valence-electron chi connectivity index (χ4n) is 1.11. The Morgan fingerprint density at radius 3 is 2.69 bits per heavy atom. The summed E-state index contributed by atoms with van der Waals surface area (Å²) in [5.74, 6) is -0.707. The highest BCUT2D eigenvalue weighted by molar-refractivity contribution is 5.99. The van der Waals surface area contributed by atoms with Crippen LogP contribution in [0.25, 0.3) is 0 Å². The second-order valence-corrected chi connectivity index (χ2v) is 3.04. The summed E-state index contributed by atoms with van der Waals surface area (Å²) in [6.07, 6.45) is -2.66. The van der Waals surface area contributed by atoms with Gasteiger partial charge in [-0.15, -0.1) is 0 Å². The summed E-state index contributed by atoms with van der Waals surface area (Å²) < 4.78 is 37.6. The van der Waals surface area contributed by atoms with Gasteiger partial charge in [-0.05, 0) is 24.6 Å². The smallest absolute Gasteiger partial charge is 0.320 e. The van der Waals surface area contributed by atoms with Crippen LogP contribution in [0.3, 0.4) is 0 Å². The highest BCUT2D eigenvalue weighted by atomic mass is 19.4. The molecule has 1 heterocycles. The summed E-state index contributed by atoms with van der Waals surface area (Å²) in [5.41, 5.74) is -1.15. The minimum absolute atomic E-state index is 0.289. The van der Waals surface area contributed by atoms with E-state index in [0.717, 1.165) is 12.3 Å². The number of carbonyl (C=O) groups excluding carboxylic acids is 1. The zero-order valence-electron chi connectivity index (χ0n) is 8.43. The third-order valence-electron chi connectivity index (χ3n) is 1.86. The van der Waals surface area contributed by atoms with Crippen LogP contribution in [0.2, 0.25) is 0 Å². The van der Waals surface area contributed by atoms with Crippen molar-refractivity contribution in [3.8, 4) is 0 Å². The molecule has 0 saturated carbocycles. The highest BCUT2D eigenvalue weighted by Crippen LogP contribution is 2.34. The maximum Gasteiger partial charge on any atom is 0.435 e. The van der Waals surface area contributed by atoms with E-state index in [0.29, 0.717) is 0 Å². The summed E-state index contributed by atoms with van der Waals surface area (Å²) in [5, 5.41) is 2.10. The first-order valence-electron chi connectivity index (χ1n) is 4.32. The summed E-state index contributed by atoms with van der Waals surface area (Å²) in [6.45, 7) is 4.62. The molecule has 0 bridgehead atoms. The quantitative estimate of drug-likeness (QED) is 0.793. The molecule has 86 valence electrons. The van der Waals surface area contributed by atoms with Crippen LogP contribution in [-0.2, 0) is 11.0 Å². The van der Waals surface area contributed by atoms with Gasteiger partial charge in [0.2, 0.25) is 5.91 Å². The van der Waals surface area contributed by atoms with Crippen LogP contribution in [0.15, 0.2) is 24.9 Å². The molecule has 1 aromatic rings. The number of aromatic nitrogens is 1. The van der Waals surface area contributed by atoms with Gasteiger partial charge in [0.1, 0.15) is 0 Å². The Morgan fingerprint density at radius 2 is 2.19 bits per heavy atom. The number of nitrogens with one attached hydrogen (secondary N) is 1. The van der Waals surface area contributed by atoms with Crippen molar-refractivity contribution in [3.05, 3.63) is 36.2 Å². The normalized spacial score (nSPS) is 11.0. The molecule has 0 unspecified atom stereocenters. The lowest BCUT2D eigenvalue weighted by molar-refractivity contribution is -0.140. The Morgan fingerprint density at radius 1 is 1.56 bits per heavy atom. The molecule has 0 atom stereocenters. The van der Waals surface area contributed by atoms with Crippen molar-refractivity contribution < 1.29 is 18.0 Å². The van der Waals surface area contributed by atoms with Gasteiger partial charge >= 0.3 is 6.18 Å². The topological polar surface area (TPSA) is 42.0 Å². The number of anilines is 1. The number of carbonyl (C=O) groups is 1. The number of halogens is 3. The van der Waals surface area contributed by atoms with Crippen molar-refractivity contribution in [3.63, 3.8) is 0 Å². The number of nitrogens with zero attached hydrogens (tertiary/aromatic N) is 1. The van der Waals surface area contributed by atoms with Gasteiger partial charge in [-0.2, -0.15) is 13.2 Å². The zero-order valence-corrected chi connectivity index (χ0v) is 8.43. The Kier molecular flexibility index (Phi) is 3.31. The summed E-state index contributed by atoms with van der Waals surface area (Å²) in [6, 6.07) is 1.38. The fourth-order valence-corrected chi connectivity index (χ4v) is 1.11. The lowest BCUT2D eigenvalue weighted by Crippen LogP contribution is -2.17. The lowest BCUT2D eigenvalue weighted by atomic mass is 10.2. The van der Waals surface area contributed by atoms with Crippen LogP contribution in [-0.4, -0.2) is 10.9 Å². The molecule has 0 aromatic carbocycles. The van der Waals surface area contributed by atoms with E-state index >= 15 is 0 Å². The highest BCUT2D eigenvalue weighted by Gasteiger charge is 2.36. The van der Waals surface area contributed by atoms with Crippen molar-refractivity contribution >= 4 is 11.6 Å². The standard InChI is InChI=1S/C10H9F3N2O/c1-3-7(16)15-8-6(2)4-5-14-9(8)10(11,12)13/h3-5H,1H2,2H3,(H,15,16). The number of rotatable bonds is 2. The molecule has 0 aliphatic heterocycles. The summed E-state index contributed by atoms with van der Waals surface area (Å²) in [4.78, 5) is 14.2. The van der Waals surface area contributed by atoms with Crippen LogP contribution >= 0.6 is 0 Å². The van der Waals surface area contributed by atoms with Crippen molar-refractivity contribution in [1.82, 2.24) is 4.98 Å². The number of pyridine rings is 1. The molecule has 0 aliphatic rings. The van der Waals surface area contributed by atoms with E-state index in [1.54, 1.807) is 0 Å². The first kappa shape index (κ1) is 12.2. The van der Waals surface area contributed by atoms with Crippen molar-refractivity contribution in [2.75, 3.05) is 5.32 Å². The van der Waals surface area contributed by atoms with Gasteiger partial charge in [0.05, 0.1) is 5.69 Å². The maximum atomic E-state index is 12.5. The van der Waals surface area contributed by atoms with Gasteiger partial charge in [0, 0.05) is 6.20 Å². The van der Waals surface area contributed by atoms with Gasteiger partial charge < -0.3 is 5.32 Å². The molecule has 0 radical (unpaired) electrons. The molecule has 0 saturated heterocycles. The minimum Gasteiger partial charge on any atom is -0.320 e. The lowest BCUT2D eigenvalue weighted by Gasteiger charge is -2.13. The molecule has 16 heavy (non-hydrogen) atoms. The molecule has 0 spiro atoms. The van der Waals surface area contributed by atoms with Gasteiger partial charge in [-0.25, -0.2) is 4.98 Å². The predicted octanol–water partition coefficient (Wildman–Crippen LogP) is 2.53. The Labute approximate surface area is 90.0 Å². The molecular weight excluding hydrogens is 221 g/mol. The van der Waals surface area contributed by atoms with E-state index in [1.807, 2.05) is 0 Å². The number of hydrogen-bond acceptors (Lipinski definition) is 2. The Hall–Kier alpha value is -1.85. The zero-order chi connectivity index (χ0) is 12.3. The third-order valence-corrected chi connectivity index (χ3v) is 1.86. The van der Waals surface area contributed by atoms with Crippen LogP contribution in [0.4, 0.5) is 18.9 Å². The minimum atomic E-state index is -4.60. The van der Waals surface area contributed by atoms with E-state index < -0.39 is 17.8 Å². The second kappa shape index (κ2) is 4.34. The molecule has 1 aromatic heterocycles. The summed E-state index contributed by atoms with van der Waals surface area (Å²) in [7, 11) is 0. The van der Waals surface area contributed by atoms with Crippen LogP contribution in [0.1, 0.15) is 11.3 Å². The van der Waals surface area contributed by atoms with E-state index in [1.165, 1.54) is 13.0 Å². The van der Waals surface area contributed by atoms with Crippen LogP contribution in [0.5, 0.6) is 0 Å². The van der Waals surface area contributed by atoms with Crippen molar-refractivity contribution in [2.45, 2.75) is 13.1 Å². The fraction of sp³-hybridized carbons (Fsp3) is 0.200. The van der Waals surface area contributed by atoms with Crippen LogP contribution in [0, 0.1) is 6.92 Å². The number of alkyl halides is 3. The molecule has 1 amide bonds. The largest absolute Gasteiger partial charge is 0.435 e. The number of amides is 1. The van der Waals surface area contributed by atoms with Crippen LogP contribution < -0.4 is 5.32 Å². The third kappa shape index (κ3) is 2.59. The Bertz CT molecular complexity index is 427. The summed E-state index contributed by atoms with van der Waals surface area (Å²) >= 11 is 0. The molecule has 0 aliphatic carbocycles. The monoisotopic (exact) mass is 230 g/mol. The van der Waals surface area contributed by atoms with E-state index in [2.05, 4.69) is 16.9 Å². The van der Waals surface area contributed by atoms with Crippen molar-refractivity contribution in [2.24, 2.45) is 0 Å². The van der Waals surface area contributed by atoms with Gasteiger partial charge in [0.15, 0.2) is 5.69 Å². The second-order valence-electron chi connectivity index (χ2n) is 3.04. The molecule has 1 N–H and O–H groups in total. The SMILES string of the molecule is C=CC(=O)Nc1c(C)ccnc1C(F)(F)F. The molecule has 0 fully saturated rings. The Balaban J connectivity index is 3.24. The maximum absolute atomic E-state index is 12.5. The number of hydrogen-bond donors (Lipinski definition) is 1. The number of aryl methyl sites for hydroxylation is 1. The van der Waals surface area contributed by atoms with E-state index in [9.17, 15) is 18.0 Å². The van der Waals surface area contributed by atoms with Gasteiger partial charge in [-0.1, -0.05) is 6.58 Å². The molecule has 1 rings (SSSR count).